The van der Waals surface area contributed by atoms with E-state index in [2.05, 4.69) is 25.9 Å². The number of anilines is 1. The molecule has 0 radical (unpaired) electrons. The van der Waals surface area contributed by atoms with E-state index in [9.17, 15) is 8.42 Å². The second kappa shape index (κ2) is 6.40. The number of hydrogen-bond donors (Lipinski definition) is 0. The van der Waals surface area contributed by atoms with Gasteiger partial charge in [0.2, 0.25) is 10.0 Å². The fourth-order valence-electron chi connectivity index (χ4n) is 3.06. The number of nitrogens with zero attached hydrogens (tertiary/aromatic N) is 5. The highest BCUT2D eigenvalue weighted by atomic mass is 32.2. The zero-order chi connectivity index (χ0) is 18.1. The van der Waals surface area contributed by atoms with Crippen molar-refractivity contribution in [2.75, 3.05) is 31.1 Å². The lowest BCUT2D eigenvalue weighted by Crippen LogP contribution is -2.48. The smallest absolute Gasteiger partial charge is 0.245 e. The summed E-state index contributed by atoms with van der Waals surface area (Å²) in [7, 11) is -3.67. The molecule has 0 bridgehead atoms. The number of piperazine rings is 1. The molecule has 0 saturated carbocycles. The minimum Gasteiger partial charge on any atom is -0.369 e. The first kappa shape index (κ1) is 16.5. The van der Waals surface area contributed by atoms with Gasteiger partial charge >= 0.3 is 0 Å². The van der Waals surface area contributed by atoms with Crippen LogP contribution in [0.2, 0.25) is 0 Å². The topological polar surface area (TPSA) is 103 Å². The Labute approximate surface area is 150 Å². The highest BCUT2D eigenvalue weighted by Crippen LogP contribution is 2.25. The molecule has 8 nitrogen and oxygen atoms in total. The van der Waals surface area contributed by atoms with Crippen LogP contribution in [0.1, 0.15) is 5.56 Å². The van der Waals surface area contributed by atoms with Crippen LogP contribution in [-0.2, 0) is 10.0 Å². The van der Waals surface area contributed by atoms with Gasteiger partial charge in [0.1, 0.15) is 10.4 Å². The van der Waals surface area contributed by atoms with Crippen molar-refractivity contribution in [3.63, 3.8) is 0 Å². The lowest BCUT2D eigenvalue weighted by Gasteiger charge is -2.35. The first-order valence-electron chi connectivity index (χ1n) is 8.06. The molecule has 1 fully saturated rings. The molecule has 1 aliphatic rings. The third-order valence-corrected chi connectivity index (χ3v) is 6.40. The van der Waals surface area contributed by atoms with Gasteiger partial charge in [-0.3, -0.25) is 0 Å². The molecule has 0 spiro atoms. The molecule has 0 aliphatic carbocycles. The molecule has 1 aliphatic heterocycles. The lowest BCUT2D eigenvalue weighted by molar-refractivity contribution is 0.315. The molecule has 0 unspecified atom stereocenters. The minimum atomic E-state index is -3.67. The Balaban J connectivity index is 1.53. The fraction of sp³-hybridized carbons (Fsp3) is 0.235. The van der Waals surface area contributed by atoms with E-state index in [-0.39, 0.29) is 10.4 Å². The molecule has 132 valence electrons. The SMILES string of the molecule is N#Cc1ccc(N2CCN(S(=O)(=O)c3cccc4nonc34)CC2)cc1. The maximum absolute atomic E-state index is 13.0. The molecular weight excluding hydrogens is 354 g/mol. The van der Waals surface area contributed by atoms with Crippen LogP contribution in [0.25, 0.3) is 11.0 Å². The van der Waals surface area contributed by atoms with E-state index in [1.54, 1.807) is 24.3 Å². The number of aromatic nitrogens is 2. The highest BCUT2D eigenvalue weighted by Gasteiger charge is 2.31. The zero-order valence-electron chi connectivity index (χ0n) is 13.7. The minimum absolute atomic E-state index is 0.114. The van der Waals surface area contributed by atoms with Gasteiger partial charge in [-0.2, -0.15) is 9.57 Å². The van der Waals surface area contributed by atoms with Gasteiger partial charge in [0, 0.05) is 31.9 Å². The van der Waals surface area contributed by atoms with Crippen LogP contribution < -0.4 is 4.90 Å². The monoisotopic (exact) mass is 369 g/mol. The maximum Gasteiger partial charge on any atom is 0.245 e. The number of benzene rings is 2. The number of nitriles is 1. The predicted molar refractivity (Wildman–Crippen MR) is 93.9 cm³/mol. The molecule has 4 rings (SSSR count). The standard InChI is InChI=1S/C17H15N5O3S/c18-12-13-4-6-14(7-5-13)21-8-10-22(11-9-21)26(23,24)16-3-1-2-15-17(16)20-25-19-15/h1-7H,8-11H2. The number of hydrogen-bond acceptors (Lipinski definition) is 7. The third-order valence-electron chi connectivity index (χ3n) is 4.47. The van der Waals surface area contributed by atoms with Crippen LogP contribution >= 0.6 is 0 Å². The Morgan fingerprint density at radius 1 is 1.00 bits per heavy atom. The van der Waals surface area contributed by atoms with Crippen LogP contribution in [-0.4, -0.2) is 49.2 Å². The third kappa shape index (κ3) is 2.79. The van der Waals surface area contributed by atoms with Gasteiger partial charge in [-0.15, -0.1) is 0 Å². The summed E-state index contributed by atoms with van der Waals surface area (Å²) in [6, 6.07) is 14.2. The van der Waals surface area contributed by atoms with E-state index in [1.807, 2.05) is 12.1 Å². The average Bonchev–Trinajstić information content (AvgIpc) is 3.17. The van der Waals surface area contributed by atoms with Crippen molar-refractivity contribution in [3.05, 3.63) is 48.0 Å². The van der Waals surface area contributed by atoms with Crippen LogP contribution in [0.4, 0.5) is 5.69 Å². The number of fused-ring (bicyclic) bond motifs is 1. The van der Waals surface area contributed by atoms with E-state index in [0.717, 1.165) is 5.69 Å². The summed E-state index contributed by atoms with van der Waals surface area (Å²) in [5, 5.41) is 16.3. The van der Waals surface area contributed by atoms with Crippen LogP contribution in [0.5, 0.6) is 0 Å². The Bertz CT molecular complexity index is 1080. The summed E-state index contributed by atoms with van der Waals surface area (Å²) in [6.07, 6.45) is 0. The van der Waals surface area contributed by atoms with Gasteiger partial charge in [0.05, 0.1) is 11.6 Å². The van der Waals surface area contributed by atoms with Crippen LogP contribution in [0.15, 0.2) is 52.0 Å². The molecule has 0 amide bonds. The molecule has 1 aromatic heterocycles. The highest BCUT2D eigenvalue weighted by molar-refractivity contribution is 7.89. The molecule has 1 saturated heterocycles. The van der Waals surface area contributed by atoms with Crippen molar-refractivity contribution in [1.82, 2.24) is 14.6 Å². The summed E-state index contributed by atoms with van der Waals surface area (Å²) in [6.45, 7) is 1.87. The maximum atomic E-state index is 13.0. The van der Waals surface area contributed by atoms with Gasteiger partial charge in [-0.1, -0.05) is 6.07 Å². The quantitative estimate of drug-likeness (QED) is 0.691. The van der Waals surface area contributed by atoms with Crippen molar-refractivity contribution in [3.8, 4) is 6.07 Å². The zero-order valence-corrected chi connectivity index (χ0v) is 14.6. The second-order valence-electron chi connectivity index (χ2n) is 5.94. The molecule has 9 heteroatoms. The Kier molecular flexibility index (Phi) is 4.06. The van der Waals surface area contributed by atoms with Gasteiger partial charge in [-0.25, -0.2) is 13.0 Å². The van der Waals surface area contributed by atoms with Crippen molar-refractivity contribution in [1.29, 1.82) is 5.26 Å². The molecule has 0 atom stereocenters. The second-order valence-corrected chi connectivity index (χ2v) is 7.84. The summed E-state index contributed by atoms with van der Waals surface area (Å²) in [5.41, 5.74) is 2.25. The molecule has 26 heavy (non-hydrogen) atoms. The van der Waals surface area contributed by atoms with E-state index < -0.39 is 10.0 Å². The molecule has 2 aromatic carbocycles. The molecule has 0 N–H and O–H groups in total. The Morgan fingerprint density at radius 2 is 1.73 bits per heavy atom. The van der Waals surface area contributed by atoms with Crippen molar-refractivity contribution < 1.29 is 13.0 Å². The summed E-state index contributed by atoms with van der Waals surface area (Å²) < 4.78 is 32.1. The van der Waals surface area contributed by atoms with Crippen molar-refractivity contribution in [2.45, 2.75) is 4.90 Å². The van der Waals surface area contributed by atoms with E-state index in [1.165, 1.54) is 10.4 Å². The summed E-state index contributed by atoms with van der Waals surface area (Å²) in [5.74, 6) is 0. The van der Waals surface area contributed by atoms with Crippen molar-refractivity contribution >= 4 is 26.7 Å². The van der Waals surface area contributed by atoms with Gasteiger partial charge in [-0.05, 0) is 46.7 Å². The predicted octanol–water partition coefficient (Wildman–Crippen LogP) is 1.61. The largest absolute Gasteiger partial charge is 0.369 e. The Hall–Kier alpha value is -2.96. The first-order chi connectivity index (χ1) is 12.6. The van der Waals surface area contributed by atoms with Gasteiger partial charge in [0.25, 0.3) is 0 Å². The van der Waals surface area contributed by atoms with Gasteiger partial charge in [0.15, 0.2) is 5.52 Å². The number of sulfonamides is 1. The van der Waals surface area contributed by atoms with E-state index in [0.29, 0.717) is 37.3 Å². The molecule has 2 heterocycles. The average molecular weight is 369 g/mol. The molecule has 3 aromatic rings. The normalized spacial score (nSPS) is 15.9. The van der Waals surface area contributed by atoms with Crippen molar-refractivity contribution in [2.24, 2.45) is 0 Å². The summed E-state index contributed by atoms with van der Waals surface area (Å²) in [4.78, 5) is 2.22. The fourth-order valence-corrected chi connectivity index (χ4v) is 4.62. The first-order valence-corrected chi connectivity index (χ1v) is 9.50. The lowest BCUT2D eigenvalue weighted by atomic mass is 10.2. The molecular formula is C17H15N5O3S. The summed E-state index contributed by atoms with van der Waals surface area (Å²) >= 11 is 0. The van der Waals surface area contributed by atoms with E-state index >= 15 is 0 Å². The number of rotatable bonds is 3. The van der Waals surface area contributed by atoms with Crippen LogP contribution in [0.3, 0.4) is 0 Å². The van der Waals surface area contributed by atoms with Gasteiger partial charge < -0.3 is 4.90 Å². The Morgan fingerprint density at radius 3 is 2.42 bits per heavy atom. The van der Waals surface area contributed by atoms with Crippen LogP contribution in [0, 0.1) is 11.3 Å². The van der Waals surface area contributed by atoms with E-state index in [4.69, 9.17) is 5.26 Å².